The van der Waals surface area contributed by atoms with Crippen molar-refractivity contribution in [3.63, 3.8) is 0 Å². The Bertz CT molecular complexity index is 326. The number of nitrogens with two attached hydrogens (primary N) is 2. The van der Waals surface area contributed by atoms with E-state index in [9.17, 15) is 14.4 Å². The fourth-order valence-electron chi connectivity index (χ4n) is 1.03. The van der Waals surface area contributed by atoms with Crippen LogP contribution in [0.1, 0.15) is 26.7 Å². The van der Waals surface area contributed by atoms with Crippen LogP contribution in [0.15, 0.2) is 0 Å². The SMILES string of the molecule is CCC(CS)NC(=O)C(CS)NC(=O)CN.CCC(N)=O. The van der Waals surface area contributed by atoms with Crippen LogP contribution in [0.4, 0.5) is 0 Å². The van der Waals surface area contributed by atoms with Crippen LogP contribution >= 0.6 is 25.3 Å². The quantitative estimate of drug-likeness (QED) is 0.319. The van der Waals surface area contributed by atoms with Gasteiger partial charge in [0.15, 0.2) is 0 Å². The summed E-state index contributed by atoms with van der Waals surface area (Å²) in [6.07, 6.45) is 1.24. The lowest BCUT2D eigenvalue weighted by atomic mass is 10.2. The number of nitrogens with one attached hydrogen (secondary N) is 2. The second-order valence-corrected chi connectivity index (χ2v) is 4.85. The van der Waals surface area contributed by atoms with E-state index in [4.69, 9.17) is 5.73 Å². The molecule has 0 heterocycles. The fourth-order valence-corrected chi connectivity index (χ4v) is 1.63. The molecule has 0 bridgehead atoms. The third kappa shape index (κ3) is 12.5. The van der Waals surface area contributed by atoms with Crippen molar-refractivity contribution < 1.29 is 14.4 Å². The van der Waals surface area contributed by atoms with Gasteiger partial charge in [-0.05, 0) is 6.42 Å². The van der Waals surface area contributed by atoms with Crippen LogP contribution in [0.2, 0.25) is 0 Å². The molecular weight excluding hydrogens is 312 g/mol. The highest BCUT2D eigenvalue weighted by Gasteiger charge is 2.20. The molecule has 2 atom stereocenters. The Morgan fingerprint density at radius 3 is 1.90 bits per heavy atom. The van der Waals surface area contributed by atoms with Gasteiger partial charge in [0.1, 0.15) is 6.04 Å². The Morgan fingerprint density at radius 1 is 1.10 bits per heavy atom. The van der Waals surface area contributed by atoms with Crippen LogP contribution < -0.4 is 22.1 Å². The van der Waals surface area contributed by atoms with Crippen LogP contribution in [-0.2, 0) is 14.4 Å². The van der Waals surface area contributed by atoms with E-state index >= 15 is 0 Å². The van der Waals surface area contributed by atoms with Gasteiger partial charge in [-0.1, -0.05) is 13.8 Å². The Morgan fingerprint density at radius 2 is 1.62 bits per heavy atom. The molecule has 0 saturated heterocycles. The van der Waals surface area contributed by atoms with E-state index in [0.29, 0.717) is 12.2 Å². The molecule has 7 nitrogen and oxygen atoms in total. The summed E-state index contributed by atoms with van der Waals surface area (Å²) in [5.74, 6) is -0.0664. The Kier molecular flexibility index (Phi) is 14.9. The Balaban J connectivity index is 0. The molecule has 9 heteroatoms. The number of hydrogen-bond acceptors (Lipinski definition) is 6. The van der Waals surface area contributed by atoms with Gasteiger partial charge in [-0.25, -0.2) is 0 Å². The molecule has 0 rings (SSSR count). The molecule has 6 N–H and O–H groups in total. The normalized spacial score (nSPS) is 12.4. The lowest BCUT2D eigenvalue weighted by molar-refractivity contribution is -0.128. The van der Waals surface area contributed by atoms with Gasteiger partial charge in [0.2, 0.25) is 17.7 Å². The standard InChI is InChI=1S/C9H19N3O2S2.C3H7NO/c1-2-6(4-15)11-9(14)7(5-16)12-8(13)3-10;1-2-3(4)5/h6-7,15-16H,2-5,10H2,1H3,(H,11,14)(H,12,13);2H2,1H3,(H2,4,5). The summed E-state index contributed by atoms with van der Waals surface area (Å²) in [5.41, 5.74) is 9.80. The minimum Gasteiger partial charge on any atom is -0.370 e. The maximum atomic E-state index is 11.7. The topological polar surface area (TPSA) is 127 Å². The third-order valence-electron chi connectivity index (χ3n) is 2.43. The van der Waals surface area contributed by atoms with Crippen molar-refractivity contribution in [3.05, 3.63) is 0 Å². The van der Waals surface area contributed by atoms with E-state index in [2.05, 4.69) is 41.6 Å². The van der Waals surface area contributed by atoms with Crippen molar-refractivity contribution in [2.45, 2.75) is 38.8 Å². The summed E-state index contributed by atoms with van der Waals surface area (Å²) in [7, 11) is 0. The maximum Gasteiger partial charge on any atom is 0.243 e. The molecule has 3 amide bonds. The van der Waals surface area contributed by atoms with Crippen molar-refractivity contribution in [3.8, 4) is 0 Å². The monoisotopic (exact) mass is 338 g/mol. The van der Waals surface area contributed by atoms with Crippen molar-refractivity contribution in [2.75, 3.05) is 18.1 Å². The molecule has 0 aliphatic heterocycles. The highest BCUT2D eigenvalue weighted by molar-refractivity contribution is 7.80. The average molecular weight is 338 g/mol. The van der Waals surface area contributed by atoms with E-state index in [1.165, 1.54) is 0 Å². The van der Waals surface area contributed by atoms with Gasteiger partial charge in [-0.3, -0.25) is 14.4 Å². The van der Waals surface area contributed by atoms with E-state index in [1.54, 1.807) is 6.92 Å². The highest BCUT2D eigenvalue weighted by Crippen LogP contribution is 1.96. The number of rotatable bonds is 8. The second-order valence-electron chi connectivity index (χ2n) is 4.12. The van der Waals surface area contributed by atoms with Crippen LogP contribution in [-0.4, -0.2) is 47.9 Å². The van der Waals surface area contributed by atoms with E-state index in [1.807, 2.05) is 6.92 Å². The largest absolute Gasteiger partial charge is 0.370 e. The number of thiol groups is 2. The number of amides is 3. The van der Waals surface area contributed by atoms with Crippen molar-refractivity contribution in [1.29, 1.82) is 0 Å². The van der Waals surface area contributed by atoms with Gasteiger partial charge in [0.05, 0.1) is 6.54 Å². The number of carbonyl (C=O) groups is 3. The Hall–Kier alpha value is -0.930. The maximum absolute atomic E-state index is 11.7. The van der Waals surface area contributed by atoms with E-state index in [0.717, 1.165) is 6.42 Å². The number of carbonyl (C=O) groups excluding carboxylic acids is 3. The highest BCUT2D eigenvalue weighted by atomic mass is 32.1. The van der Waals surface area contributed by atoms with Crippen molar-refractivity contribution >= 4 is 43.0 Å². The summed E-state index contributed by atoms with van der Waals surface area (Å²) in [6, 6.07) is -0.638. The first kappa shape index (κ1) is 22.4. The van der Waals surface area contributed by atoms with Gasteiger partial charge in [-0.2, -0.15) is 25.3 Å². The van der Waals surface area contributed by atoms with Gasteiger partial charge in [0.25, 0.3) is 0 Å². The van der Waals surface area contributed by atoms with E-state index in [-0.39, 0.29) is 36.1 Å². The first-order chi connectivity index (χ1) is 9.85. The van der Waals surface area contributed by atoms with Gasteiger partial charge < -0.3 is 22.1 Å². The average Bonchev–Trinajstić information content (AvgIpc) is 2.49. The zero-order valence-corrected chi connectivity index (χ0v) is 14.3. The smallest absolute Gasteiger partial charge is 0.243 e. The minimum absolute atomic E-state index is 0.00740. The van der Waals surface area contributed by atoms with Crippen LogP contribution in [0.3, 0.4) is 0 Å². The molecule has 0 aliphatic rings. The molecule has 0 aliphatic carbocycles. The van der Waals surface area contributed by atoms with E-state index < -0.39 is 6.04 Å². The fraction of sp³-hybridized carbons (Fsp3) is 0.750. The van der Waals surface area contributed by atoms with Crippen LogP contribution in [0.25, 0.3) is 0 Å². The molecule has 0 aromatic rings. The third-order valence-corrected chi connectivity index (χ3v) is 3.23. The lowest BCUT2D eigenvalue weighted by Crippen LogP contribution is -2.52. The zero-order chi connectivity index (χ0) is 16.8. The lowest BCUT2D eigenvalue weighted by Gasteiger charge is -2.20. The molecule has 124 valence electrons. The first-order valence-electron chi connectivity index (χ1n) is 6.65. The molecule has 0 spiro atoms. The molecule has 0 aromatic carbocycles. The summed E-state index contributed by atoms with van der Waals surface area (Å²) in [6.45, 7) is 3.54. The van der Waals surface area contributed by atoms with Crippen molar-refractivity contribution in [1.82, 2.24) is 10.6 Å². The predicted molar refractivity (Wildman–Crippen MR) is 90.4 cm³/mol. The predicted octanol–water partition coefficient (Wildman–Crippen LogP) is -0.934. The van der Waals surface area contributed by atoms with Crippen LogP contribution in [0.5, 0.6) is 0 Å². The van der Waals surface area contributed by atoms with Crippen molar-refractivity contribution in [2.24, 2.45) is 11.5 Å². The molecule has 2 unspecified atom stereocenters. The Labute approximate surface area is 136 Å². The first-order valence-corrected chi connectivity index (χ1v) is 7.92. The summed E-state index contributed by atoms with van der Waals surface area (Å²) in [5, 5.41) is 5.27. The summed E-state index contributed by atoms with van der Waals surface area (Å²) < 4.78 is 0. The van der Waals surface area contributed by atoms with Gasteiger partial charge >= 0.3 is 0 Å². The minimum atomic E-state index is -0.645. The molecule has 0 fully saturated rings. The number of hydrogen-bond donors (Lipinski definition) is 6. The molecule has 0 radical (unpaired) electrons. The zero-order valence-electron chi connectivity index (χ0n) is 12.5. The second kappa shape index (κ2) is 14.0. The molecule has 0 saturated carbocycles. The summed E-state index contributed by atoms with van der Waals surface area (Å²) in [4.78, 5) is 32.3. The molecule has 0 aromatic heterocycles. The summed E-state index contributed by atoms with van der Waals surface area (Å²) >= 11 is 8.13. The van der Waals surface area contributed by atoms with Gasteiger partial charge in [0, 0.05) is 24.0 Å². The van der Waals surface area contributed by atoms with Gasteiger partial charge in [-0.15, -0.1) is 0 Å². The van der Waals surface area contributed by atoms with Crippen LogP contribution in [0, 0.1) is 0 Å². The molecule has 21 heavy (non-hydrogen) atoms. The number of primary amides is 1. The molecular formula is C12H26N4O3S2.